The first-order valence-corrected chi connectivity index (χ1v) is 8.39. The summed E-state index contributed by atoms with van der Waals surface area (Å²) < 4.78 is 1.00. The lowest BCUT2D eigenvalue weighted by Gasteiger charge is -2.21. The van der Waals surface area contributed by atoms with Crippen molar-refractivity contribution in [3.8, 4) is 0 Å². The Kier molecular flexibility index (Phi) is 6.40. The molecule has 1 N–H and O–H groups in total. The minimum absolute atomic E-state index is 0.0697. The third kappa shape index (κ3) is 4.82. The Morgan fingerprint density at radius 3 is 2.54 bits per heavy atom. The summed E-state index contributed by atoms with van der Waals surface area (Å²) in [7, 11) is 0. The molecule has 0 unspecified atom stereocenters. The fraction of sp³-hybridized carbons (Fsp3) is 0.353. The van der Waals surface area contributed by atoms with E-state index in [-0.39, 0.29) is 28.5 Å². The third-order valence-corrected chi connectivity index (χ3v) is 4.23. The van der Waals surface area contributed by atoms with Gasteiger partial charge in [-0.3, -0.25) is 9.59 Å². The van der Waals surface area contributed by atoms with Crippen LogP contribution in [0.3, 0.4) is 0 Å². The number of nitrogens with zero attached hydrogens (tertiary/aromatic N) is 2. The zero-order valence-corrected chi connectivity index (χ0v) is 15.0. The molecule has 5 nitrogen and oxygen atoms in total. The quantitative estimate of drug-likeness (QED) is 0.850. The van der Waals surface area contributed by atoms with Crippen LogP contribution in [0.5, 0.6) is 0 Å². The molecule has 1 amide bonds. The molecule has 2 aromatic rings. The van der Waals surface area contributed by atoms with Crippen molar-refractivity contribution in [1.82, 2.24) is 15.1 Å². The lowest BCUT2D eigenvalue weighted by Crippen LogP contribution is -2.36. The van der Waals surface area contributed by atoms with Crippen molar-refractivity contribution in [2.45, 2.75) is 32.9 Å². The van der Waals surface area contributed by atoms with Crippen LogP contribution in [0.2, 0.25) is 10.0 Å². The molecule has 1 heterocycles. The van der Waals surface area contributed by atoms with Crippen LogP contribution in [0.1, 0.15) is 31.9 Å². The zero-order valence-electron chi connectivity index (χ0n) is 13.5. The zero-order chi connectivity index (χ0) is 17.7. The smallest absolute Gasteiger partial charge is 0.287 e. The Morgan fingerprint density at radius 1 is 1.25 bits per heavy atom. The lowest BCUT2D eigenvalue weighted by molar-refractivity contribution is -0.122. The van der Waals surface area contributed by atoms with Crippen molar-refractivity contribution in [3.05, 3.63) is 62.5 Å². The molecular weight excluding hydrogens is 349 g/mol. The van der Waals surface area contributed by atoms with Crippen LogP contribution in [0, 0.1) is 5.92 Å². The van der Waals surface area contributed by atoms with Crippen LogP contribution in [0.4, 0.5) is 0 Å². The number of hydrogen-bond donors (Lipinski definition) is 1. The van der Waals surface area contributed by atoms with Gasteiger partial charge in [0.05, 0.1) is 17.3 Å². The molecule has 24 heavy (non-hydrogen) atoms. The Morgan fingerprint density at radius 2 is 1.92 bits per heavy atom. The Hall–Kier alpha value is -1.85. The van der Waals surface area contributed by atoms with Crippen molar-refractivity contribution in [2.75, 3.05) is 0 Å². The van der Waals surface area contributed by atoms with Crippen molar-refractivity contribution < 1.29 is 4.79 Å². The predicted octanol–water partition coefficient (Wildman–Crippen LogP) is 3.45. The molecule has 0 aliphatic carbocycles. The molecule has 0 aliphatic heterocycles. The van der Waals surface area contributed by atoms with Gasteiger partial charge in [-0.15, -0.1) is 0 Å². The molecule has 0 saturated heterocycles. The van der Waals surface area contributed by atoms with Gasteiger partial charge in [0.25, 0.3) is 5.56 Å². The van der Waals surface area contributed by atoms with Gasteiger partial charge in [0.2, 0.25) is 5.91 Å². The van der Waals surface area contributed by atoms with E-state index in [0.29, 0.717) is 5.92 Å². The van der Waals surface area contributed by atoms with E-state index in [4.69, 9.17) is 23.2 Å². The van der Waals surface area contributed by atoms with Gasteiger partial charge < -0.3 is 5.32 Å². The summed E-state index contributed by atoms with van der Waals surface area (Å²) in [6, 6.07) is 9.60. The van der Waals surface area contributed by atoms with E-state index >= 15 is 0 Å². The number of aromatic nitrogens is 2. The van der Waals surface area contributed by atoms with E-state index in [0.717, 1.165) is 16.7 Å². The third-order valence-electron chi connectivity index (χ3n) is 3.48. The molecule has 0 aliphatic rings. The first-order valence-electron chi connectivity index (χ1n) is 7.64. The Labute approximate surface area is 150 Å². The molecule has 1 aromatic heterocycles. The minimum Gasteiger partial charge on any atom is -0.348 e. The molecule has 0 fully saturated rings. The number of carbonyl (C=O) groups is 1. The molecular formula is C17H19Cl2N3O2. The Balaban J connectivity index is 2.14. The van der Waals surface area contributed by atoms with Crippen molar-refractivity contribution >= 4 is 29.1 Å². The highest BCUT2D eigenvalue weighted by molar-refractivity contribution is 6.41. The maximum absolute atomic E-state index is 12.3. The van der Waals surface area contributed by atoms with Gasteiger partial charge in [0, 0.05) is 0 Å². The van der Waals surface area contributed by atoms with Crippen molar-refractivity contribution in [1.29, 1.82) is 0 Å². The molecule has 0 radical (unpaired) electrons. The molecule has 1 aromatic carbocycles. The highest BCUT2D eigenvalue weighted by Crippen LogP contribution is 2.21. The molecule has 128 valence electrons. The number of halogens is 2. The van der Waals surface area contributed by atoms with E-state index in [1.165, 1.54) is 6.20 Å². The van der Waals surface area contributed by atoms with Crippen LogP contribution in [-0.4, -0.2) is 15.7 Å². The van der Waals surface area contributed by atoms with E-state index < -0.39 is 5.56 Å². The van der Waals surface area contributed by atoms with E-state index in [2.05, 4.69) is 24.3 Å². The normalized spacial score (nSPS) is 12.2. The summed E-state index contributed by atoms with van der Waals surface area (Å²) >= 11 is 11.5. The van der Waals surface area contributed by atoms with Crippen molar-refractivity contribution in [3.63, 3.8) is 0 Å². The van der Waals surface area contributed by atoms with Crippen LogP contribution in [0.15, 0.2) is 41.3 Å². The standard InChI is InChI=1S/C17H19Cl2N3O2/c1-11(2)8-14(12-6-4-3-5-7-12)21-15(23)10-22-17(24)16(19)13(18)9-20-22/h3-7,9,11,14H,8,10H2,1-2H3,(H,21,23)/t14-/m0/s1. The highest BCUT2D eigenvalue weighted by atomic mass is 35.5. The fourth-order valence-corrected chi connectivity index (χ4v) is 2.64. The maximum atomic E-state index is 12.3. The summed E-state index contributed by atoms with van der Waals surface area (Å²) in [6.07, 6.45) is 2.04. The van der Waals surface area contributed by atoms with Gasteiger partial charge in [-0.25, -0.2) is 4.68 Å². The van der Waals surface area contributed by atoms with Crippen LogP contribution < -0.4 is 10.9 Å². The minimum atomic E-state index is -0.584. The molecule has 7 heteroatoms. The van der Waals surface area contributed by atoms with E-state index in [1.807, 2.05) is 30.3 Å². The molecule has 1 atom stereocenters. The number of carbonyl (C=O) groups excluding carboxylic acids is 1. The van der Waals surface area contributed by atoms with Crippen molar-refractivity contribution in [2.24, 2.45) is 5.92 Å². The summed E-state index contributed by atoms with van der Waals surface area (Å²) in [5.41, 5.74) is 0.438. The highest BCUT2D eigenvalue weighted by Gasteiger charge is 2.17. The van der Waals surface area contributed by atoms with Crippen LogP contribution >= 0.6 is 23.2 Å². The number of hydrogen-bond acceptors (Lipinski definition) is 3. The summed E-state index contributed by atoms with van der Waals surface area (Å²) in [5.74, 6) is 0.0961. The van der Waals surface area contributed by atoms with Gasteiger partial charge >= 0.3 is 0 Å². The molecule has 0 saturated carbocycles. The van der Waals surface area contributed by atoms with Gasteiger partial charge in [0.1, 0.15) is 11.6 Å². The lowest BCUT2D eigenvalue weighted by atomic mass is 9.97. The number of amides is 1. The monoisotopic (exact) mass is 367 g/mol. The summed E-state index contributed by atoms with van der Waals surface area (Å²) in [6.45, 7) is 3.97. The second-order valence-corrected chi connectivity index (χ2v) is 6.71. The molecule has 0 spiro atoms. The fourth-order valence-electron chi connectivity index (χ4n) is 2.37. The largest absolute Gasteiger partial charge is 0.348 e. The SMILES string of the molecule is CC(C)C[C@H](NC(=O)Cn1ncc(Cl)c(Cl)c1=O)c1ccccc1. The number of nitrogens with one attached hydrogen (secondary N) is 1. The average Bonchev–Trinajstić information content (AvgIpc) is 2.55. The van der Waals surface area contributed by atoms with Crippen LogP contribution in [0.25, 0.3) is 0 Å². The second kappa shape index (κ2) is 8.31. The Bertz CT molecular complexity index is 760. The van der Waals surface area contributed by atoms with E-state index in [1.54, 1.807) is 0 Å². The maximum Gasteiger partial charge on any atom is 0.287 e. The number of benzene rings is 1. The number of rotatable bonds is 6. The summed E-state index contributed by atoms with van der Waals surface area (Å²) in [5, 5.41) is 6.74. The van der Waals surface area contributed by atoms with Crippen LogP contribution in [-0.2, 0) is 11.3 Å². The molecule has 0 bridgehead atoms. The molecule has 2 rings (SSSR count). The van der Waals surface area contributed by atoms with Gasteiger partial charge in [0.15, 0.2) is 0 Å². The second-order valence-electron chi connectivity index (χ2n) is 5.93. The van der Waals surface area contributed by atoms with Gasteiger partial charge in [-0.2, -0.15) is 5.10 Å². The first kappa shape index (κ1) is 18.5. The average molecular weight is 368 g/mol. The summed E-state index contributed by atoms with van der Waals surface area (Å²) in [4.78, 5) is 24.3. The topological polar surface area (TPSA) is 64.0 Å². The van der Waals surface area contributed by atoms with E-state index in [9.17, 15) is 9.59 Å². The van der Waals surface area contributed by atoms with Gasteiger partial charge in [-0.05, 0) is 17.9 Å². The predicted molar refractivity (Wildman–Crippen MR) is 95.3 cm³/mol. The first-order chi connectivity index (χ1) is 11.4. The van der Waals surface area contributed by atoms with Gasteiger partial charge in [-0.1, -0.05) is 67.4 Å².